The minimum atomic E-state index is 0.162. The SMILES string of the molecule is CCOc1cncc(C(NN)C2CC3CCC(C2)N3C)c1. The number of piperidine rings is 1. The maximum atomic E-state index is 5.87. The van der Waals surface area contributed by atoms with Gasteiger partial charge in [-0.25, -0.2) is 0 Å². The topological polar surface area (TPSA) is 63.4 Å². The van der Waals surface area contributed by atoms with Crippen LogP contribution < -0.4 is 16.0 Å². The Hall–Kier alpha value is -1.17. The van der Waals surface area contributed by atoms with Gasteiger partial charge in [0.2, 0.25) is 0 Å². The lowest BCUT2D eigenvalue weighted by Crippen LogP contribution is -2.45. The summed E-state index contributed by atoms with van der Waals surface area (Å²) in [5.74, 6) is 7.27. The molecule has 2 bridgehead atoms. The number of nitrogens with zero attached hydrogens (tertiary/aromatic N) is 2. The zero-order valence-electron chi connectivity index (χ0n) is 13.0. The van der Waals surface area contributed by atoms with Crippen LogP contribution in [0.1, 0.15) is 44.2 Å². The molecule has 2 fully saturated rings. The highest BCUT2D eigenvalue weighted by molar-refractivity contribution is 5.26. The van der Waals surface area contributed by atoms with Gasteiger partial charge >= 0.3 is 0 Å². The maximum Gasteiger partial charge on any atom is 0.137 e. The summed E-state index contributed by atoms with van der Waals surface area (Å²) in [5.41, 5.74) is 4.16. The molecule has 5 nitrogen and oxygen atoms in total. The van der Waals surface area contributed by atoms with E-state index in [1.54, 1.807) is 6.20 Å². The Morgan fingerprint density at radius 1 is 1.38 bits per heavy atom. The molecule has 3 rings (SSSR count). The third kappa shape index (κ3) is 2.91. The number of rotatable bonds is 5. The van der Waals surface area contributed by atoms with Crippen molar-refractivity contribution < 1.29 is 4.74 Å². The quantitative estimate of drug-likeness (QED) is 0.640. The van der Waals surface area contributed by atoms with Gasteiger partial charge in [0.1, 0.15) is 5.75 Å². The van der Waals surface area contributed by atoms with Crippen molar-refractivity contribution in [3.05, 3.63) is 24.0 Å². The van der Waals surface area contributed by atoms with Crippen LogP contribution in [0.4, 0.5) is 0 Å². The molecule has 0 aliphatic carbocycles. The van der Waals surface area contributed by atoms with Crippen LogP contribution in [0.3, 0.4) is 0 Å². The van der Waals surface area contributed by atoms with Crippen molar-refractivity contribution in [2.24, 2.45) is 11.8 Å². The average Bonchev–Trinajstić information content (AvgIpc) is 2.71. The molecule has 0 aromatic carbocycles. The summed E-state index contributed by atoms with van der Waals surface area (Å²) in [6.45, 7) is 2.64. The van der Waals surface area contributed by atoms with Crippen LogP contribution in [0.25, 0.3) is 0 Å². The van der Waals surface area contributed by atoms with Crippen LogP contribution in [0.2, 0.25) is 0 Å². The molecular formula is C16H26N4O. The Kier molecular flexibility index (Phi) is 4.42. The first-order valence-corrected chi connectivity index (χ1v) is 7.98. The Morgan fingerprint density at radius 2 is 2.10 bits per heavy atom. The molecular weight excluding hydrogens is 264 g/mol. The van der Waals surface area contributed by atoms with Crippen molar-refractivity contribution in [1.29, 1.82) is 0 Å². The number of hydrogen-bond acceptors (Lipinski definition) is 5. The molecule has 2 aliphatic rings. The third-order valence-electron chi connectivity index (χ3n) is 5.19. The van der Waals surface area contributed by atoms with Gasteiger partial charge in [-0.1, -0.05) is 0 Å². The van der Waals surface area contributed by atoms with Gasteiger partial charge in [0.25, 0.3) is 0 Å². The minimum absolute atomic E-state index is 0.162. The van der Waals surface area contributed by atoms with Crippen LogP contribution in [-0.2, 0) is 0 Å². The summed E-state index contributed by atoms with van der Waals surface area (Å²) in [6, 6.07) is 3.66. The number of hydrogen-bond donors (Lipinski definition) is 2. The normalized spacial score (nSPS) is 30.3. The molecule has 3 unspecified atom stereocenters. The standard InChI is InChI=1S/C16H26N4O/c1-3-21-15-8-12(9-18-10-15)16(19-17)11-6-13-4-5-14(7-11)20(13)2/h8-11,13-14,16,19H,3-7,17H2,1-2H3. The molecule has 2 aliphatic heterocycles. The van der Waals surface area contributed by atoms with Crippen molar-refractivity contribution in [3.8, 4) is 5.75 Å². The monoisotopic (exact) mass is 290 g/mol. The number of hydrazine groups is 1. The number of ether oxygens (including phenoxy) is 1. The van der Waals surface area contributed by atoms with Gasteiger partial charge in [-0.3, -0.25) is 16.3 Å². The van der Waals surface area contributed by atoms with E-state index < -0.39 is 0 Å². The average molecular weight is 290 g/mol. The van der Waals surface area contributed by atoms with Crippen LogP contribution in [-0.4, -0.2) is 35.6 Å². The van der Waals surface area contributed by atoms with Gasteiger partial charge in [-0.2, -0.15) is 0 Å². The van der Waals surface area contributed by atoms with Crippen molar-refractivity contribution >= 4 is 0 Å². The van der Waals surface area contributed by atoms with Crippen LogP contribution in [0.5, 0.6) is 5.75 Å². The molecule has 3 heterocycles. The first-order chi connectivity index (χ1) is 10.2. The van der Waals surface area contributed by atoms with E-state index in [-0.39, 0.29) is 6.04 Å². The molecule has 3 N–H and O–H groups in total. The summed E-state index contributed by atoms with van der Waals surface area (Å²) >= 11 is 0. The Labute approximate surface area is 126 Å². The minimum Gasteiger partial charge on any atom is -0.492 e. The smallest absolute Gasteiger partial charge is 0.137 e. The number of nitrogens with two attached hydrogens (primary N) is 1. The second-order valence-corrected chi connectivity index (χ2v) is 6.31. The summed E-state index contributed by atoms with van der Waals surface area (Å²) in [7, 11) is 2.26. The fraction of sp³-hybridized carbons (Fsp3) is 0.688. The van der Waals surface area contributed by atoms with Gasteiger partial charge in [0, 0.05) is 18.3 Å². The van der Waals surface area contributed by atoms with E-state index in [0.29, 0.717) is 24.6 Å². The molecule has 116 valence electrons. The van der Waals surface area contributed by atoms with Gasteiger partial charge in [0.05, 0.1) is 18.8 Å². The molecule has 1 aromatic rings. The third-order valence-corrected chi connectivity index (χ3v) is 5.19. The van der Waals surface area contributed by atoms with Crippen LogP contribution in [0, 0.1) is 5.92 Å². The molecule has 0 spiro atoms. The number of fused-ring (bicyclic) bond motifs is 2. The number of pyridine rings is 1. The number of nitrogens with one attached hydrogen (secondary N) is 1. The predicted molar refractivity (Wildman–Crippen MR) is 82.8 cm³/mol. The molecule has 1 aromatic heterocycles. The van der Waals surface area contributed by atoms with E-state index in [0.717, 1.165) is 11.3 Å². The molecule has 21 heavy (non-hydrogen) atoms. The fourth-order valence-electron chi connectivity index (χ4n) is 4.08. The van der Waals surface area contributed by atoms with Gasteiger partial charge < -0.3 is 9.64 Å². The summed E-state index contributed by atoms with van der Waals surface area (Å²) < 4.78 is 5.56. The highest BCUT2D eigenvalue weighted by Crippen LogP contribution is 2.42. The van der Waals surface area contributed by atoms with Crippen molar-refractivity contribution in [2.75, 3.05) is 13.7 Å². The molecule has 0 radical (unpaired) electrons. The van der Waals surface area contributed by atoms with E-state index in [9.17, 15) is 0 Å². The summed E-state index contributed by atoms with van der Waals surface area (Å²) in [5, 5.41) is 0. The molecule has 0 amide bonds. The zero-order chi connectivity index (χ0) is 14.8. The van der Waals surface area contributed by atoms with Gasteiger partial charge in [-0.15, -0.1) is 0 Å². The molecule has 3 atom stereocenters. The second kappa shape index (κ2) is 6.30. The first kappa shape index (κ1) is 14.8. The lowest BCUT2D eigenvalue weighted by molar-refractivity contribution is 0.112. The Balaban J connectivity index is 1.77. The number of aromatic nitrogens is 1. The van der Waals surface area contributed by atoms with E-state index in [4.69, 9.17) is 10.6 Å². The van der Waals surface area contributed by atoms with E-state index in [1.807, 2.05) is 13.1 Å². The van der Waals surface area contributed by atoms with Gasteiger partial charge in [0.15, 0.2) is 0 Å². The van der Waals surface area contributed by atoms with Crippen LogP contribution >= 0.6 is 0 Å². The lowest BCUT2D eigenvalue weighted by atomic mass is 9.83. The lowest BCUT2D eigenvalue weighted by Gasteiger charge is -2.39. The summed E-state index contributed by atoms with van der Waals surface area (Å²) in [6.07, 6.45) is 8.74. The highest BCUT2D eigenvalue weighted by Gasteiger charge is 2.41. The Morgan fingerprint density at radius 3 is 2.71 bits per heavy atom. The maximum absolute atomic E-state index is 5.87. The van der Waals surface area contributed by atoms with E-state index in [2.05, 4.69) is 28.4 Å². The Bertz CT molecular complexity index is 467. The molecule has 5 heteroatoms. The van der Waals surface area contributed by atoms with Crippen molar-refractivity contribution in [1.82, 2.24) is 15.3 Å². The second-order valence-electron chi connectivity index (χ2n) is 6.31. The van der Waals surface area contributed by atoms with Gasteiger partial charge in [-0.05, 0) is 57.2 Å². The zero-order valence-corrected chi connectivity index (χ0v) is 13.0. The first-order valence-electron chi connectivity index (χ1n) is 7.98. The summed E-state index contributed by atoms with van der Waals surface area (Å²) in [4.78, 5) is 6.86. The highest BCUT2D eigenvalue weighted by atomic mass is 16.5. The van der Waals surface area contributed by atoms with E-state index >= 15 is 0 Å². The largest absolute Gasteiger partial charge is 0.492 e. The molecule has 0 saturated carbocycles. The fourth-order valence-corrected chi connectivity index (χ4v) is 4.08. The molecule has 2 saturated heterocycles. The van der Waals surface area contributed by atoms with Crippen LogP contribution in [0.15, 0.2) is 18.5 Å². The predicted octanol–water partition coefficient (Wildman–Crippen LogP) is 1.86. The van der Waals surface area contributed by atoms with Crippen molar-refractivity contribution in [3.63, 3.8) is 0 Å². The van der Waals surface area contributed by atoms with E-state index in [1.165, 1.54) is 25.7 Å². The van der Waals surface area contributed by atoms with Crippen molar-refractivity contribution in [2.45, 2.75) is 50.7 Å².